The summed E-state index contributed by atoms with van der Waals surface area (Å²) in [5, 5.41) is 42.1. The zero-order valence-corrected chi connectivity index (χ0v) is 47.1. The molecule has 0 aliphatic heterocycles. The highest BCUT2D eigenvalue weighted by atomic mass is 32.2. The van der Waals surface area contributed by atoms with E-state index in [2.05, 4.69) is 52.8 Å². The molecule has 0 aliphatic carbocycles. The minimum atomic E-state index is -1.66. The molecule has 79 heavy (non-hydrogen) atoms. The number of guanidine groups is 1. The van der Waals surface area contributed by atoms with Gasteiger partial charge in [-0.25, -0.2) is 4.79 Å². The fourth-order valence-corrected chi connectivity index (χ4v) is 7.88. The third-order valence-corrected chi connectivity index (χ3v) is 12.8. The van der Waals surface area contributed by atoms with E-state index in [-0.39, 0.29) is 70.5 Å². The van der Waals surface area contributed by atoms with E-state index in [0.29, 0.717) is 57.2 Å². The predicted molar refractivity (Wildman–Crippen MR) is 296 cm³/mol. The summed E-state index contributed by atoms with van der Waals surface area (Å²) in [6, 6.07) is -13.0. The average molecular weight is 1150 g/mol. The Kier molecular flexibility index (Phi) is 37.4. The van der Waals surface area contributed by atoms with Crippen LogP contribution in [-0.4, -0.2) is 186 Å². The molecular formula is C48H91N17O13S. The number of nitrogens with two attached hydrogens (primary N) is 7. The van der Waals surface area contributed by atoms with Crippen LogP contribution in [0.4, 0.5) is 0 Å². The van der Waals surface area contributed by atoms with Gasteiger partial charge in [0.25, 0.3) is 0 Å². The smallest absolute Gasteiger partial charge is 0.326 e. The number of hydrogen-bond donors (Lipinski definition) is 18. The van der Waals surface area contributed by atoms with Crippen molar-refractivity contribution >= 4 is 82.8 Å². The van der Waals surface area contributed by atoms with E-state index >= 15 is 0 Å². The van der Waals surface area contributed by atoms with Crippen LogP contribution in [-0.2, 0) is 52.7 Å². The van der Waals surface area contributed by atoms with Crippen LogP contribution in [0, 0.1) is 5.92 Å². The molecule has 0 aromatic rings. The van der Waals surface area contributed by atoms with Crippen LogP contribution in [0.1, 0.15) is 118 Å². The molecule has 10 atom stereocenters. The van der Waals surface area contributed by atoms with Crippen molar-refractivity contribution in [2.24, 2.45) is 51.0 Å². The van der Waals surface area contributed by atoms with E-state index in [4.69, 9.17) is 40.1 Å². The first kappa shape index (κ1) is 72.6. The number of carbonyl (C=O) groups is 11. The van der Waals surface area contributed by atoms with Gasteiger partial charge in [-0.15, -0.1) is 0 Å². The number of primary amides is 1. The quantitative estimate of drug-likeness (QED) is 0.0153. The number of nitrogens with zero attached hydrogens (tertiary/aromatic N) is 1. The lowest BCUT2D eigenvalue weighted by Crippen LogP contribution is -2.61. The molecule has 31 heteroatoms. The topological polar surface area (TPSA) is 531 Å². The zero-order chi connectivity index (χ0) is 60.2. The summed E-state index contributed by atoms with van der Waals surface area (Å²) in [5.74, 6) is -9.99. The standard InChI is InChI=1S/C48H91N17O13S/c1-26(2)37(46(76)58-28(4)38(68)59-30(14-7-10-21-50)42(72)64-35(25-66)45(75)57-27(3)39(69)63-34(47(77)78)17-18-36(53)67)65-44(74)31(15-8-11-22-51)61-43(73)33(19-24-79-5)62-41(71)32(16-12-23-56-48(54)55)60-40(70)29(52)13-6-9-20-49/h26-35,37,66H,6-25,49-52H2,1-5H3,(H2,53,67)(H,57,75)(H,58,76)(H,59,68)(H,60,70)(H,61,73)(H,62,71)(H,63,69)(H,64,72)(H,65,74)(H,77,78)(H4,54,55,56)/t27-,28+,29+,30+,31-,32-,33-,34-,35-,37-/m1/s1. The summed E-state index contributed by atoms with van der Waals surface area (Å²) in [7, 11) is 0. The van der Waals surface area contributed by atoms with Crippen molar-refractivity contribution in [3.8, 4) is 0 Å². The number of rotatable bonds is 43. The molecule has 0 fully saturated rings. The van der Waals surface area contributed by atoms with Crippen LogP contribution in [0.25, 0.3) is 0 Å². The Balaban J connectivity index is 6.31. The van der Waals surface area contributed by atoms with Crippen molar-refractivity contribution in [2.75, 3.05) is 44.8 Å². The molecule has 0 aromatic carbocycles. The number of thioether (sulfide) groups is 1. The fourth-order valence-electron chi connectivity index (χ4n) is 7.40. The second kappa shape index (κ2) is 40.7. The maximum atomic E-state index is 14.1. The third kappa shape index (κ3) is 30.5. The van der Waals surface area contributed by atoms with Crippen LogP contribution in [0.3, 0.4) is 0 Å². The Morgan fingerprint density at radius 3 is 1.29 bits per heavy atom. The lowest BCUT2D eigenvalue weighted by atomic mass is 10.0. The number of aliphatic hydroxyl groups excluding tert-OH is 1. The molecule has 0 rings (SSSR count). The first-order valence-electron chi connectivity index (χ1n) is 26.5. The molecule has 25 N–H and O–H groups in total. The number of nitrogens with one attached hydrogen (secondary N) is 9. The van der Waals surface area contributed by atoms with Crippen LogP contribution in [0.2, 0.25) is 0 Å². The number of amides is 10. The third-order valence-electron chi connectivity index (χ3n) is 12.1. The number of hydrogen-bond acceptors (Lipinski definition) is 18. The van der Waals surface area contributed by atoms with Crippen molar-refractivity contribution in [3.05, 3.63) is 0 Å². The van der Waals surface area contributed by atoms with E-state index in [9.17, 15) is 63.0 Å². The van der Waals surface area contributed by atoms with Crippen LogP contribution in [0.5, 0.6) is 0 Å². The molecule has 0 aliphatic rings. The van der Waals surface area contributed by atoms with Gasteiger partial charge in [-0.1, -0.05) is 20.3 Å². The van der Waals surface area contributed by atoms with Crippen molar-refractivity contribution in [2.45, 2.75) is 178 Å². The second-order valence-electron chi connectivity index (χ2n) is 19.3. The minimum absolute atomic E-state index is 0.0117. The molecule has 0 spiro atoms. The van der Waals surface area contributed by atoms with Gasteiger partial charge in [0.1, 0.15) is 54.4 Å². The summed E-state index contributed by atoms with van der Waals surface area (Å²) in [4.78, 5) is 149. The molecular weight excluding hydrogens is 1050 g/mol. The fraction of sp³-hybridized carbons (Fsp3) is 0.750. The summed E-state index contributed by atoms with van der Waals surface area (Å²) >= 11 is 1.40. The van der Waals surface area contributed by atoms with Crippen molar-refractivity contribution < 1.29 is 63.0 Å². The van der Waals surface area contributed by atoms with Gasteiger partial charge in [0.15, 0.2) is 5.96 Å². The van der Waals surface area contributed by atoms with Gasteiger partial charge < -0.3 is 98.2 Å². The first-order chi connectivity index (χ1) is 37.3. The predicted octanol–water partition coefficient (Wildman–Crippen LogP) is -6.09. The molecule has 0 saturated heterocycles. The molecule has 452 valence electrons. The summed E-state index contributed by atoms with van der Waals surface area (Å²) in [5.41, 5.74) is 39.1. The van der Waals surface area contributed by atoms with Crippen LogP contribution < -0.4 is 88.0 Å². The molecule has 0 bridgehead atoms. The summed E-state index contributed by atoms with van der Waals surface area (Å²) in [6.07, 6.45) is 4.78. The summed E-state index contributed by atoms with van der Waals surface area (Å²) in [6.45, 7) is 5.87. The number of carboxylic acid groups (broad SMARTS) is 1. The van der Waals surface area contributed by atoms with Gasteiger partial charge in [-0.05, 0) is 128 Å². The molecule has 0 unspecified atom stereocenters. The number of aliphatic imine (C=N–C) groups is 1. The Hall–Kier alpha value is -6.41. The van der Waals surface area contributed by atoms with E-state index in [1.165, 1.54) is 25.6 Å². The number of carbonyl (C=O) groups excluding carboxylic acids is 10. The van der Waals surface area contributed by atoms with E-state index in [0.717, 1.165) is 0 Å². The zero-order valence-electron chi connectivity index (χ0n) is 46.3. The van der Waals surface area contributed by atoms with Crippen LogP contribution in [0.15, 0.2) is 4.99 Å². The Bertz CT molecular complexity index is 2000. The maximum Gasteiger partial charge on any atom is 0.326 e. The molecule has 30 nitrogen and oxygen atoms in total. The van der Waals surface area contributed by atoms with Gasteiger partial charge in [-0.3, -0.25) is 52.9 Å². The highest BCUT2D eigenvalue weighted by molar-refractivity contribution is 7.98. The maximum absolute atomic E-state index is 14.1. The van der Waals surface area contributed by atoms with E-state index in [1.807, 2.05) is 0 Å². The minimum Gasteiger partial charge on any atom is -0.480 e. The van der Waals surface area contributed by atoms with E-state index < -0.39 is 138 Å². The molecule has 0 aromatic heterocycles. The van der Waals surface area contributed by atoms with Gasteiger partial charge in [0.2, 0.25) is 59.1 Å². The van der Waals surface area contributed by atoms with Crippen molar-refractivity contribution in [1.29, 1.82) is 0 Å². The summed E-state index contributed by atoms with van der Waals surface area (Å²) < 4.78 is 0. The number of carboxylic acids is 1. The Labute approximate surface area is 466 Å². The normalized spacial score (nSPS) is 14.9. The van der Waals surface area contributed by atoms with Crippen molar-refractivity contribution in [3.63, 3.8) is 0 Å². The largest absolute Gasteiger partial charge is 0.480 e. The van der Waals surface area contributed by atoms with Crippen molar-refractivity contribution in [1.82, 2.24) is 47.9 Å². The molecule has 0 heterocycles. The molecule has 0 saturated carbocycles. The lowest BCUT2D eigenvalue weighted by molar-refractivity contribution is -0.142. The lowest BCUT2D eigenvalue weighted by Gasteiger charge is -2.28. The molecule has 0 radical (unpaired) electrons. The first-order valence-corrected chi connectivity index (χ1v) is 27.9. The monoisotopic (exact) mass is 1150 g/mol. The van der Waals surface area contributed by atoms with E-state index in [1.54, 1.807) is 20.1 Å². The highest BCUT2D eigenvalue weighted by Gasteiger charge is 2.35. The van der Waals surface area contributed by atoms with Gasteiger partial charge in [-0.2, -0.15) is 11.8 Å². The SMILES string of the molecule is CSCC[C@@H](NC(=O)[C@@H](CCCN=C(N)N)NC(=O)[C@@H](N)CCCCN)C(=O)N[C@H](CCCCN)C(=O)N[C@@H](C(=O)N[C@@H](C)C(=O)N[C@@H](CCCCN)C(=O)N[C@H](CO)C(=O)N[C@H](C)C(=O)N[C@H](CCC(N)=O)C(=O)O)C(C)C. The molecule has 10 amide bonds. The number of unbranched alkanes of at least 4 members (excludes halogenated alkanes) is 3. The Morgan fingerprint density at radius 1 is 0.468 bits per heavy atom. The Morgan fingerprint density at radius 2 is 0.861 bits per heavy atom. The van der Waals surface area contributed by atoms with Crippen LogP contribution >= 0.6 is 11.8 Å². The number of aliphatic carboxylic acids is 1. The number of aliphatic hydroxyl groups is 1. The van der Waals surface area contributed by atoms with Gasteiger partial charge >= 0.3 is 5.97 Å². The second-order valence-corrected chi connectivity index (χ2v) is 20.3. The van der Waals surface area contributed by atoms with Gasteiger partial charge in [0.05, 0.1) is 12.6 Å². The average Bonchev–Trinajstić information content (AvgIpc) is 3.38. The highest BCUT2D eigenvalue weighted by Crippen LogP contribution is 2.11. The van der Waals surface area contributed by atoms with Gasteiger partial charge in [0, 0.05) is 13.0 Å².